The summed E-state index contributed by atoms with van der Waals surface area (Å²) in [6.07, 6.45) is 2.67. The molecule has 1 aliphatic rings. The summed E-state index contributed by atoms with van der Waals surface area (Å²) in [5, 5.41) is 0. The molecule has 0 saturated carbocycles. The highest BCUT2D eigenvalue weighted by atomic mass is 35.5. The molecule has 1 aliphatic heterocycles. The van der Waals surface area contributed by atoms with Crippen LogP contribution in [0, 0.1) is 5.82 Å². The standard InChI is InChI=1S/C14H19FN2O.ClH/c1-10(16)14(18)17-7-3-6-13(17)9-11-4-2-5-12(15)8-11;/h2,4-5,8,10,13H,3,6-7,9,16H2,1H3;1H/t10-,13?;/m1./s1. The van der Waals surface area contributed by atoms with Crippen LogP contribution in [-0.4, -0.2) is 29.4 Å². The predicted octanol–water partition coefficient (Wildman–Crippen LogP) is 2.13. The van der Waals surface area contributed by atoms with Crippen molar-refractivity contribution in [2.45, 2.75) is 38.3 Å². The van der Waals surface area contributed by atoms with E-state index in [1.807, 2.05) is 11.0 Å². The fourth-order valence-electron chi connectivity index (χ4n) is 2.54. The van der Waals surface area contributed by atoms with Crippen LogP contribution in [0.5, 0.6) is 0 Å². The van der Waals surface area contributed by atoms with Crippen molar-refractivity contribution in [3.63, 3.8) is 0 Å². The lowest BCUT2D eigenvalue weighted by molar-refractivity contribution is -0.132. The van der Waals surface area contributed by atoms with E-state index in [2.05, 4.69) is 0 Å². The van der Waals surface area contributed by atoms with Crippen molar-refractivity contribution in [1.29, 1.82) is 0 Å². The van der Waals surface area contributed by atoms with E-state index in [9.17, 15) is 9.18 Å². The topological polar surface area (TPSA) is 46.3 Å². The van der Waals surface area contributed by atoms with Crippen LogP contribution in [0.4, 0.5) is 4.39 Å². The molecule has 19 heavy (non-hydrogen) atoms. The Balaban J connectivity index is 0.00000180. The van der Waals surface area contributed by atoms with Crippen molar-refractivity contribution in [2.24, 2.45) is 5.73 Å². The number of hydrogen-bond donors (Lipinski definition) is 1. The summed E-state index contributed by atoms with van der Waals surface area (Å²) in [5.41, 5.74) is 6.58. The Labute approximate surface area is 119 Å². The van der Waals surface area contributed by atoms with E-state index in [0.717, 1.165) is 24.9 Å². The lowest BCUT2D eigenvalue weighted by Gasteiger charge is -2.26. The van der Waals surface area contributed by atoms with E-state index in [0.29, 0.717) is 6.42 Å². The second-order valence-electron chi connectivity index (χ2n) is 4.95. The minimum absolute atomic E-state index is 0. The molecule has 5 heteroatoms. The van der Waals surface area contributed by atoms with Gasteiger partial charge in [-0.3, -0.25) is 4.79 Å². The normalized spacial score (nSPS) is 19.9. The molecule has 1 fully saturated rings. The van der Waals surface area contributed by atoms with E-state index in [1.54, 1.807) is 13.0 Å². The van der Waals surface area contributed by atoms with Gasteiger partial charge in [0.25, 0.3) is 0 Å². The number of rotatable bonds is 3. The van der Waals surface area contributed by atoms with Gasteiger partial charge in [0.2, 0.25) is 5.91 Å². The molecule has 1 aromatic rings. The first-order valence-corrected chi connectivity index (χ1v) is 6.38. The number of carbonyl (C=O) groups excluding carboxylic acids is 1. The molecule has 0 aromatic heterocycles. The average Bonchev–Trinajstić information content (AvgIpc) is 2.76. The Bertz CT molecular complexity index is 439. The first-order chi connectivity index (χ1) is 8.58. The SMILES string of the molecule is C[C@@H](N)C(=O)N1CCCC1Cc1cccc(F)c1.Cl. The average molecular weight is 287 g/mol. The maximum Gasteiger partial charge on any atom is 0.239 e. The molecule has 0 spiro atoms. The first kappa shape index (κ1) is 15.9. The van der Waals surface area contributed by atoms with Crippen molar-refractivity contribution in [3.8, 4) is 0 Å². The minimum atomic E-state index is -0.460. The zero-order chi connectivity index (χ0) is 13.1. The molecule has 1 amide bonds. The molecule has 0 radical (unpaired) electrons. The van der Waals surface area contributed by atoms with Gasteiger partial charge in [0.15, 0.2) is 0 Å². The lowest BCUT2D eigenvalue weighted by Crippen LogP contribution is -2.45. The van der Waals surface area contributed by atoms with Crippen LogP contribution in [0.15, 0.2) is 24.3 Å². The highest BCUT2D eigenvalue weighted by Gasteiger charge is 2.30. The summed E-state index contributed by atoms with van der Waals surface area (Å²) >= 11 is 0. The summed E-state index contributed by atoms with van der Waals surface area (Å²) in [6.45, 7) is 2.47. The van der Waals surface area contributed by atoms with Crippen LogP contribution in [-0.2, 0) is 11.2 Å². The van der Waals surface area contributed by atoms with E-state index in [1.165, 1.54) is 12.1 Å². The molecular weight excluding hydrogens is 267 g/mol. The van der Waals surface area contributed by atoms with Crippen LogP contribution in [0.1, 0.15) is 25.3 Å². The number of benzene rings is 1. The maximum atomic E-state index is 13.1. The molecule has 0 aliphatic carbocycles. The number of hydrogen-bond acceptors (Lipinski definition) is 2. The van der Waals surface area contributed by atoms with Gasteiger partial charge >= 0.3 is 0 Å². The zero-order valence-electron chi connectivity index (χ0n) is 11.0. The molecular formula is C14H20ClFN2O. The highest BCUT2D eigenvalue weighted by molar-refractivity contribution is 5.85. The summed E-state index contributed by atoms with van der Waals surface area (Å²) in [7, 11) is 0. The first-order valence-electron chi connectivity index (χ1n) is 6.38. The maximum absolute atomic E-state index is 13.1. The number of amides is 1. The third kappa shape index (κ3) is 3.91. The van der Waals surface area contributed by atoms with Gasteiger partial charge in [0.05, 0.1) is 6.04 Å². The molecule has 2 rings (SSSR count). The molecule has 2 N–H and O–H groups in total. The number of nitrogens with zero attached hydrogens (tertiary/aromatic N) is 1. The van der Waals surface area contributed by atoms with E-state index in [-0.39, 0.29) is 30.2 Å². The van der Waals surface area contributed by atoms with Crippen LogP contribution < -0.4 is 5.73 Å². The molecule has 1 saturated heterocycles. The monoisotopic (exact) mass is 286 g/mol. The summed E-state index contributed by atoms with van der Waals surface area (Å²) in [4.78, 5) is 13.8. The predicted molar refractivity (Wildman–Crippen MR) is 75.7 cm³/mol. The molecule has 2 atom stereocenters. The van der Waals surface area contributed by atoms with Crippen LogP contribution in [0.3, 0.4) is 0 Å². The Morgan fingerprint density at radius 2 is 2.32 bits per heavy atom. The van der Waals surface area contributed by atoms with Gasteiger partial charge in [-0.25, -0.2) is 4.39 Å². The van der Waals surface area contributed by atoms with Crippen molar-refractivity contribution in [1.82, 2.24) is 4.90 Å². The summed E-state index contributed by atoms with van der Waals surface area (Å²) in [5.74, 6) is -0.232. The van der Waals surface area contributed by atoms with Crippen LogP contribution in [0.2, 0.25) is 0 Å². The van der Waals surface area contributed by atoms with Gasteiger partial charge in [-0.2, -0.15) is 0 Å². The third-order valence-electron chi connectivity index (χ3n) is 3.41. The second-order valence-corrected chi connectivity index (χ2v) is 4.95. The molecule has 0 bridgehead atoms. The fourth-order valence-corrected chi connectivity index (χ4v) is 2.54. The summed E-state index contributed by atoms with van der Waals surface area (Å²) in [6, 6.07) is 6.27. The van der Waals surface area contributed by atoms with E-state index in [4.69, 9.17) is 5.73 Å². The van der Waals surface area contributed by atoms with Gasteiger partial charge in [0, 0.05) is 12.6 Å². The van der Waals surface area contributed by atoms with Crippen molar-refractivity contribution >= 4 is 18.3 Å². The van der Waals surface area contributed by atoms with Gasteiger partial charge in [-0.15, -0.1) is 12.4 Å². The number of carbonyl (C=O) groups is 1. The Morgan fingerprint density at radius 3 is 2.95 bits per heavy atom. The van der Waals surface area contributed by atoms with Crippen molar-refractivity contribution < 1.29 is 9.18 Å². The van der Waals surface area contributed by atoms with Crippen LogP contribution >= 0.6 is 12.4 Å². The molecule has 3 nitrogen and oxygen atoms in total. The van der Waals surface area contributed by atoms with E-state index >= 15 is 0 Å². The molecule has 1 heterocycles. The van der Waals surface area contributed by atoms with Crippen molar-refractivity contribution in [2.75, 3.05) is 6.54 Å². The second kappa shape index (κ2) is 6.87. The quantitative estimate of drug-likeness (QED) is 0.925. The fraction of sp³-hybridized carbons (Fsp3) is 0.500. The van der Waals surface area contributed by atoms with Crippen molar-refractivity contribution in [3.05, 3.63) is 35.6 Å². The lowest BCUT2D eigenvalue weighted by atomic mass is 10.0. The van der Waals surface area contributed by atoms with Gasteiger partial charge in [-0.05, 0) is 43.9 Å². The largest absolute Gasteiger partial charge is 0.338 e. The smallest absolute Gasteiger partial charge is 0.239 e. The Morgan fingerprint density at radius 1 is 1.58 bits per heavy atom. The highest BCUT2D eigenvalue weighted by Crippen LogP contribution is 2.22. The minimum Gasteiger partial charge on any atom is -0.338 e. The number of nitrogens with two attached hydrogens (primary N) is 1. The third-order valence-corrected chi connectivity index (χ3v) is 3.41. The van der Waals surface area contributed by atoms with Gasteiger partial charge in [-0.1, -0.05) is 12.1 Å². The Kier molecular flexibility index (Phi) is 5.76. The van der Waals surface area contributed by atoms with Crippen LogP contribution in [0.25, 0.3) is 0 Å². The van der Waals surface area contributed by atoms with Gasteiger partial charge < -0.3 is 10.6 Å². The number of likely N-dealkylation sites (tertiary alicyclic amines) is 1. The summed E-state index contributed by atoms with van der Waals surface area (Å²) < 4.78 is 13.1. The van der Waals surface area contributed by atoms with E-state index < -0.39 is 6.04 Å². The Hall–Kier alpha value is -1.13. The molecule has 1 unspecified atom stereocenters. The zero-order valence-corrected chi connectivity index (χ0v) is 11.8. The molecule has 1 aromatic carbocycles. The molecule has 106 valence electrons. The van der Waals surface area contributed by atoms with Gasteiger partial charge in [0.1, 0.15) is 5.82 Å². The number of halogens is 2.